The van der Waals surface area contributed by atoms with Crippen LogP contribution in [0.5, 0.6) is 0 Å². The minimum Gasteiger partial charge on any atom is -0.348 e. The molecule has 0 aliphatic heterocycles. The van der Waals surface area contributed by atoms with E-state index in [0.717, 1.165) is 0 Å². The molecule has 24 heavy (non-hydrogen) atoms. The van der Waals surface area contributed by atoms with E-state index in [-0.39, 0.29) is 12.6 Å². The molecule has 0 spiro atoms. The largest absolute Gasteiger partial charge is 0.416 e. The van der Waals surface area contributed by atoms with Crippen LogP contribution in [0.25, 0.3) is 0 Å². The summed E-state index contributed by atoms with van der Waals surface area (Å²) in [5.41, 5.74) is -3.19. The molecule has 128 valence electrons. The Morgan fingerprint density at radius 1 is 0.917 bits per heavy atom. The molecule has 1 heterocycles. The van der Waals surface area contributed by atoms with Gasteiger partial charge in [-0.3, -0.25) is 9.78 Å². The number of aromatic nitrogens is 1. The number of amides is 1. The van der Waals surface area contributed by atoms with E-state index >= 15 is 0 Å². The van der Waals surface area contributed by atoms with Gasteiger partial charge in [-0.15, -0.1) is 0 Å². The van der Waals surface area contributed by atoms with Crippen LogP contribution in [0.2, 0.25) is 0 Å². The van der Waals surface area contributed by atoms with Crippen molar-refractivity contribution in [2.75, 3.05) is 0 Å². The van der Waals surface area contributed by atoms with E-state index in [2.05, 4.69) is 10.3 Å². The van der Waals surface area contributed by atoms with Crippen LogP contribution in [0, 0.1) is 0 Å². The smallest absolute Gasteiger partial charge is 0.348 e. The summed E-state index contributed by atoms with van der Waals surface area (Å²) in [5.74, 6) is -1.04. The molecule has 0 bridgehead atoms. The number of alkyl halides is 6. The summed E-state index contributed by atoms with van der Waals surface area (Å²) < 4.78 is 76.5. The number of pyridine rings is 1. The Morgan fingerprint density at radius 3 is 1.88 bits per heavy atom. The van der Waals surface area contributed by atoms with Gasteiger partial charge in [0.25, 0.3) is 5.91 Å². The zero-order valence-corrected chi connectivity index (χ0v) is 11.9. The van der Waals surface area contributed by atoms with E-state index in [1.54, 1.807) is 12.1 Å². The molecule has 0 radical (unpaired) electrons. The second-order valence-electron chi connectivity index (χ2n) is 4.83. The van der Waals surface area contributed by atoms with E-state index in [1.165, 1.54) is 12.4 Å². The fourth-order valence-corrected chi connectivity index (χ4v) is 1.87. The van der Waals surface area contributed by atoms with Crippen LogP contribution in [0.4, 0.5) is 26.3 Å². The fourth-order valence-electron chi connectivity index (χ4n) is 1.87. The van der Waals surface area contributed by atoms with Gasteiger partial charge in [0.05, 0.1) is 11.1 Å². The number of hydrogen-bond acceptors (Lipinski definition) is 2. The van der Waals surface area contributed by atoms with Crippen LogP contribution in [0.15, 0.2) is 42.7 Å². The van der Waals surface area contributed by atoms with Crippen LogP contribution >= 0.6 is 0 Å². The molecule has 0 saturated heterocycles. The quantitative estimate of drug-likeness (QED) is 0.851. The standard InChI is InChI=1S/C15H10F6N2O/c16-14(17,18)11-5-10(6-12(7-11)15(19,20)21)13(24)23-8-9-1-3-22-4-2-9/h1-7H,8H2,(H,23,24). The summed E-state index contributed by atoms with van der Waals surface area (Å²) in [4.78, 5) is 15.7. The van der Waals surface area contributed by atoms with E-state index in [1.807, 2.05) is 0 Å². The second kappa shape index (κ2) is 6.50. The van der Waals surface area contributed by atoms with Crippen molar-refractivity contribution in [2.45, 2.75) is 18.9 Å². The second-order valence-corrected chi connectivity index (χ2v) is 4.83. The molecule has 3 nitrogen and oxygen atoms in total. The lowest BCUT2D eigenvalue weighted by molar-refractivity contribution is -0.143. The van der Waals surface area contributed by atoms with Gasteiger partial charge in [0.1, 0.15) is 0 Å². The van der Waals surface area contributed by atoms with Gasteiger partial charge in [0.2, 0.25) is 0 Å². The van der Waals surface area contributed by atoms with Gasteiger partial charge in [0.15, 0.2) is 0 Å². The first-order valence-electron chi connectivity index (χ1n) is 6.54. The van der Waals surface area contributed by atoms with Gasteiger partial charge in [0, 0.05) is 24.5 Å². The molecule has 0 saturated carbocycles. The topological polar surface area (TPSA) is 42.0 Å². The van der Waals surface area contributed by atoms with E-state index < -0.39 is 35.0 Å². The number of nitrogens with one attached hydrogen (secondary N) is 1. The van der Waals surface area contributed by atoms with Crippen molar-refractivity contribution in [2.24, 2.45) is 0 Å². The molecule has 1 amide bonds. The summed E-state index contributed by atoms with van der Waals surface area (Å²) in [7, 11) is 0. The number of carbonyl (C=O) groups excluding carboxylic acids is 1. The Balaban J connectivity index is 2.29. The molecule has 1 N–H and O–H groups in total. The molecular formula is C15H10F6N2O. The van der Waals surface area contributed by atoms with Crippen LogP contribution < -0.4 is 5.32 Å². The summed E-state index contributed by atoms with van der Waals surface area (Å²) in [5, 5.41) is 2.27. The highest BCUT2D eigenvalue weighted by Gasteiger charge is 2.37. The van der Waals surface area contributed by atoms with Crippen molar-refractivity contribution in [3.8, 4) is 0 Å². The van der Waals surface area contributed by atoms with E-state index in [0.29, 0.717) is 17.7 Å². The average Bonchev–Trinajstić information content (AvgIpc) is 2.51. The number of hydrogen-bond donors (Lipinski definition) is 1. The van der Waals surface area contributed by atoms with E-state index in [4.69, 9.17) is 0 Å². The number of carbonyl (C=O) groups is 1. The predicted octanol–water partition coefficient (Wildman–Crippen LogP) is 4.05. The normalized spacial score (nSPS) is 12.1. The van der Waals surface area contributed by atoms with Gasteiger partial charge < -0.3 is 5.32 Å². The number of rotatable bonds is 3. The van der Waals surface area contributed by atoms with Crippen LogP contribution in [0.3, 0.4) is 0 Å². The van der Waals surface area contributed by atoms with Crippen molar-refractivity contribution in [3.63, 3.8) is 0 Å². The fraction of sp³-hybridized carbons (Fsp3) is 0.200. The maximum atomic E-state index is 12.7. The summed E-state index contributed by atoms with van der Waals surface area (Å²) >= 11 is 0. The van der Waals surface area contributed by atoms with Crippen molar-refractivity contribution in [1.29, 1.82) is 0 Å². The highest BCUT2D eigenvalue weighted by Crippen LogP contribution is 2.36. The van der Waals surface area contributed by atoms with Gasteiger partial charge in [-0.05, 0) is 35.9 Å². The lowest BCUT2D eigenvalue weighted by atomic mass is 10.0. The van der Waals surface area contributed by atoms with Crippen LogP contribution in [-0.4, -0.2) is 10.9 Å². The Hall–Kier alpha value is -2.58. The first-order valence-corrected chi connectivity index (χ1v) is 6.54. The number of halogens is 6. The maximum absolute atomic E-state index is 12.7. The molecule has 0 unspecified atom stereocenters. The van der Waals surface area contributed by atoms with E-state index in [9.17, 15) is 31.1 Å². The molecule has 1 aromatic heterocycles. The third-order valence-electron chi connectivity index (χ3n) is 3.05. The number of nitrogens with zero attached hydrogens (tertiary/aromatic N) is 1. The highest BCUT2D eigenvalue weighted by molar-refractivity contribution is 5.94. The van der Waals surface area contributed by atoms with Gasteiger partial charge >= 0.3 is 12.4 Å². The van der Waals surface area contributed by atoms with Crippen LogP contribution in [0.1, 0.15) is 27.0 Å². The monoisotopic (exact) mass is 348 g/mol. The van der Waals surface area contributed by atoms with Crippen molar-refractivity contribution >= 4 is 5.91 Å². The zero-order valence-electron chi connectivity index (χ0n) is 11.9. The minimum atomic E-state index is -5.00. The molecule has 2 aromatic rings. The third-order valence-corrected chi connectivity index (χ3v) is 3.05. The first-order chi connectivity index (χ1) is 11.1. The molecule has 1 aromatic carbocycles. The molecular weight excluding hydrogens is 338 g/mol. The Kier molecular flexibility index (Phi) is 4.81. The average molecular weight is 348 g/mol. The Morgan fingerprint density at radius 2 is 1.42 bits per heavy atom. The number of benzene rings is 1. The Labute approximate surface area is 132 Å². The van der Waals surface area contributed by atoms with Gasteiger partial charge in [-0.2, -0.15) is 26.3 Å². The predicted molar refractivity (Wildman–Crippen MR) is 71.9 cm³/mol. The van der Waals surface area contributed by atoms with Gasteiger partial charge in [-0.1, -0.05) is 0 Å². The summed E-state index contributed by atoms with van der Waals surface area (Å²) in [6.07, 6.45) is -7.12. The molecule has 0 aliphatic rings. The van der Waals surface area contributed by atoms with Crippen LogP contribution in [-0.2, 0) is 18.9 Å². The third kappa shape index (κ3) is 4.46. The minimum absolute atomic E-state index is 0.0281. The molecule has 0 atom stereocenters. The van der Waals surface area contributed by atoms with Crippen molar-refractivity contribution < 1.29 is 31.1 Å². The Bertz CT molecular complexity index is 693. The first kappa shape index (κ1) is 17.8. The maximum Gasteiger partial charge on any atom is 0.416 e. The SMILES string of the molecule is O=C(NCc1ccncc1)c1cc(C(F)(F)F)cc(C(F)(F)F)c1. The van der Waals surface area contributed by atoms with Crippen molar-refractivity contribution in [1.82, 2.24) is 10.3 Å². The zero-order chi connectivity index (χ0) is 18.0. The highest BCUT2D eigenvalue weighted by atomic mass is 19.4. The molecule has 9 heteroatoms. The molecule has 2 rings (SSSR count). The van der Waals surface area contributed by atoms with Gasteiger partial charge in [-0.25, -0.2) is 0 Å². The lowest BCUT2D eigenvalue weighted by Gasteiger charge is -2.14. The molecule has 0 fully saturated rings. The lowest BCUT2D eigenvalue weighted by Crippen LogP contribution is -2.24. The van der Waals surface area contributed by atoms with Crippen molar-refractivity contribution in [3.05, 3.63) is 65.0 Å². The summed E-state index contributed by atoms with van der Waals surface area (Å²) in [6, 6.07) is 3.84. The molecule has 0 aliphatic carbocycles. The summed E-state index contributed by atoms with van der Waals surface area (Å²) in [6.45, 7) is -0.0566.